The van der Waals surface area contributed by atoms with Gasteiger partial charge in [-0.3, -0.25) is 4.79 Å². The number of ether oxygens (including phenoxy) is 1. The third-order valence-corrected chi connectivity index (χ3v) is 5.34. The largest absolute Gasteiger partial charge is 0.438 e. The van der Waals surface area contributed by atoms with E-state index in [1.54, 1.807) is 31.6 Å². The Kier molecular flexibility index (Phi) is 6.95. The second-order valence-electron chi connectivity index (χ2n) is 7.59. The van der Waals surface area contributed by atoms with E-state index < -0.39 is 0 Å². The lowest BCUT2D eigenvalue weighted by molar-refractivity contribution is -0.117. The Morgan fingerprint density at radius 3 is 2.48 bits per heavy atom. The van der Waals surface area contributed by atoms with Crippen molar-refractivity contribution in [1.82, 2.24) is 15.0 Å². The maximum atomic E-state index is 12.5. The molecule has 4 aromatic rings. The summed E-state index contributed by atoms with van der Waals surface area (Å²) in [7, 11) is 1.77. The van der Waals surface area contributed by atoms with Gasteiger partial charge in [0.2, 0.25) is 11.8 Å². The number of pyridine rings is 1. The number of aromatic nitrogens is 3. The Bertz CT molecular complexity index is 1280. The van der Waals surface area contributed by atoms with Crippen molar-refractivity contribution in [2.45, 2.75) is 19.8 Å². The van der Waals surface area contributed by atoms with Crippen molar-refractivity contribution in [3.63, 3.8) is 0 Å². The van der Waals surface area contributed by atoms with E-state index in [1.807, 2.05) is 55.5 Å². The SMILES string of the molecule is CNc1nccc(-c2cccnc2Oc2ccc(CC(=O)Cc3ccc(Cl)cc3)cc2C)n1. The van der Waals surface area contributed by atoms with Crippen molar-refractivity contribution >= 4 is 23.3 Å². The lowest BCUT2D eigenvalue weighted by atomic mass is 10.0. The van der Waals surface area contributed by atoms with Gasteiger partial charge in [-0.2, -0.15) is 0 Å². The summed E-state index contributed by atoms with van der Waals surface area (Å²) in [5.74, 6) is 1.78. The molecule has 2 aromatic heterocycles. The summed E-state index contributed by atoms with van der Waals surface area (Å²) in [5.41, 5.74) is 4.28. The van der Waals surface area contributed by atoms with Gasteiger partial charge in [0.05, 0.1) is 11.3 Å². The van der Waals surface area contributed by atoms with Gasteiger partial charge in [-0.15, -0.1) is 0 Å². The summed E-state index contributed by atoms with van der Waals surface area (Å²) >= 11 is 5.92. The number of carbonyl (C=O) groups is 1. The smallest absolute Gasteiger partial charge is 0.228 e. The lowest BCUT2D eigenvalue weighted by Gasteiger charge is -2.13. The zero-order valence-electron chi connectivity index (χ0n) is 18.4. The van der Waals surface area contributed by atoms with Crippen LogP contribution < -0.4 is 10.1 Å². The van der Waals surface area contributed by atoms with E-state index in [0.717, 1.165) is 22.3 Å². The number of aryl methyl sites for hydroxylation is 1. The molecule has 0 spiro atoms. The molecule has 0 amide bonds. The van der Waals surface area contributed by atoms with E-state index in [1.165, 1.54) is 0 Å². The Morgan fingerprint density at radius 2 is 1.73 bits per heavy atom. The fraction of sp³-hybridized carbons (Fsp3) is 0.154. The number of hydrogen-bond acceptors (Lipinski definition) is 6. The first-order chi connectivity index (χ1) is 16.0. The number of Topliss-reactive ketones (excluding diaryl/α,β-unsaturated/α-hetero) is 1. The van der Waals surface area contributed by atoms with Gasteiger partial charge in [0.1, 0.15) is 11.5 Å². The van der Waals surface area contributed by atoms with E-state index in [-0.39, 0.29) is 5.78 Å². The Balaban J connectivity index is 1.49. The number of halogens is 1. The minimum absolute atomic E-state index is 0.140. The second kappa shape index (κ2) is 10.2. The third-order valence-electron chi connectivity index (χ3n) is 5.09. The van der Waals surface area contributed by atoms with E-state index in [2.05, 4.69) is 20.3 Å². The van der Waals surface area contributed by atoms with Crippen LogP contribution in [0.1, 0.15) is 16.7 Å². The molecule has 0 atom stereocenters. The van der Waals surface area contributed by atoms with Crippen LogP contribution >= 0.6 is 11.6 Å². The average Bonchev–Trinajstić information content (AvgIpc) is 2.82. The quantitative estimate of drug-likeness (QED) is 0.365. The van der Waals surface area contributed by atoms with E-state index >= 15 is 0 Å². The van der Waals surface area contributed by atoms with Gasteiger partial charge in [0.15, 0.2) is 0 Å². The molecule has 0 aliphatic rings. The Hall–Kier alpha value is -3.77. The summed E-state index contributed by atoms with van der Waals surface area (Å²) in [6, 6.07) is 18.7. The summed E-state index contributed by atoms with van der Waals surface area (Å²) in [5, 5.41) is 3.60. The standard InChI is InChI=1S/C26H23ClN4O2/c1-17-14-19(16-21(32)15-18-5-8-20(27)9-6-18)7-10-24(17)33-25-22(4-3-12-29-25)23-11-13-30-26(28-2)31-23/h3-14H,15-16H2,1-2H3,(H,28,30,31). The van der Waals surface area contributed by atoms with Crippen molar-refractivity contribution in [3.8, 4) is 22.9 Å². The minimum Gasteiger partial charge on any atom is -0.438 e. The van der Waals surface area contributed by atoms with Gasteiger partial charge in [-0.1, -0.05) is 35.9 Å². The normalized spacial score (nSPS) is 10.6. The highest BCUT2D eigenvalue weighted by molar-refractivity contribution is 6.30. The van der Waals surface area contributed by atoms with Crippen molar-refractivity contribution in [1.29, 1.82) is 0 Å². The molecule has 0 saturated heterocycles. The molecule has 0 radical (unpaired) electrons. The molecule has 6 nitrogen and oxygen atoms in total. The van der Waals surface area contributed by atoms with Crippen molar-refractivity contribution in [3.05, 3.63) is 94.8 Å². The number of benzene rings is 2. The number of rotatable bonds is 8. The second-order valence-corrected chi connectivity index (χ2v) is 8.03. The summed E-state index contributed by atoms with van der Waals surface area (Å²) in [6.07, 6.45) is 4.09. The predicted molar refractivity (Wildman–Crippen MR) is 130 cm³/mol. The number of carbonyl (C=O) groups excluding carboxylic acids is 1. The average molecular weight is 459 g/mol. The summed E-state index contributed by atoms with van der Waals surface area (Å²) in [4.78, 5) is 25.6. The van der Waals surface area contributed by atoms with Gasteiger partial charge < -0.3 is 10.1 Å². The van der Waals surface area contributed by atoms with Gasteiger partial charge in [0, 0.05) is 37.3 Å². The van der Waals surface area contributed by atoms with Crippen molar-refractivity contribution in [2.75, 3.05) is 12.4 Å². The first kappa shape index (κ1) is 22.4. The number of hydrogen-bond donors (Lipinski definition) is 1. The molecule has 166 valence electrons. The molecule has 0 aliphatic heterocycles. The maximum absolute atomic E-state index is 12.5. The van der Waals surface area contributed by atoms with Crippen LogP contribution in [0.2, 0.25) is 5.02 Å². The molecular weight excluding hydrogens is 436 g/mol. The van der Waals surface area contributed by atoms with Gasteiger partial charge in [-0.05, 0) is 60.0 Å². The summed E-state index contributed by atoms with van der Waals surface area (Å²) in [6.45, 7) is 1.95. The first-order valence-electron chi connectivity index (χ1n) is 10.5. The fourth-order valence-electron chi connectivity index (χ4n) is 3.46. The van der Waals surface area contributed by atoms with Crippen LogP contribution in [0.15, 0.2) is 73.1 Å². The first-order valence-corrected chi connectivity index (χ1v) is 10.9. The van der Waals surface area contributed by atoms with Crippen LogP contribution in [0.25, 0.3) is 11.3 Å². The molecule has 33 heavy (non-hydrogen) atoms. The molecule has 0 fully saturated rings. The highest BCUT2D eigenvalue weighted by Crippen LogP contribution is 2.32. The molecule has 2 heterocycles. The summed E-state index contributed by atoms with van der Waals surface area (Å²) < 4.78 is 6.15. The molecule has 4 rings (SSSR count). The van der Waals surface area contributed by atoms with Crippen LogP contribution in [-0.2, 0) is 17.6 Å². The number of nitrogens with zero attached hydrogens (tertiary/aromatic N) is 3. The Morgan fingerprint density at radius 1 is 0.970 bits per heavy atom. The zero-order valence-corrected chi connectivity index (χ0v) is 19.1. The molecule has 0 saturated carbocycles. The van der Waals surface area contributed by atoms with E-state index in [9.17, 15) is 4.79 Å². The molecule has 0 aliphatic carbocycles. The third kappa shape index (κ3) is 5.73. The molecule has 7 heteroatoms. The highest BCUT2D eigenvalue weighted by atomic mass is 35.5. The van der Waals surface area contributed by atoms with Crippen molar-refractivity contribution < 1.29 is 9.53 Å². The van der Waals surface area contributed by atoms with Gasteiger partial charge >= 0.3 is 0 Å². The molecule has 2 aromatic carbocycles. The van der Waals surface area contributed by atoms with Crippen LogP contribution in [0, 0.1) is 6.92 Å². The van der Waals surface area contributed by atoms with E-state index in [4.69, 9.17) is 16.3 Å². The van der Waals surface area contributed by atoms with Crippen LogP contribution in [0.5, 0.6) is 11.6 Å². The maximum Gasteiger partial charge on any atom is 0.228 e. The lowest BCUT2D eigenvalue weighted by Crippen LogP contribution is -2.07. The highest BCUT2D eigenvalue weighted by Gasteiger charge is 2.13. The van der Waals surface area contributed by atoms with Crippen molar-refractivity contribution in [2.24, 2.45) is 0 Å². The molecule has 0 unspecified atom stereocenters. The Labute approximate surface area is 197 Å². The topological polar surface area (TPSA) is 77.0 Å². The number of ketones is 1. The molecule has 1 N–H and O–H groups in total. The monoisotopic (exact) mass is 458 g/mol. The van der Waals surface area contributed by atoms with Crippen LogP contribution in [-0.4, -0.2) is 27.8 Å². The molecule has 0 bridgehead atoms. The van der Waals surface area contributed by atoms with Crippen LogP contribution in [0.4, 0.5) is 5.95 Å². The van der Waals surface area contributed by atoms with E-state index in [0.29, 0.717) is 41.1 Å². The number of nitrogens with one attached hydrogen (secondary N) is 1. The number of anilines is 1. The minimum atomic E-state index is 0.140. The predicted octanol–water partition coefficient (Wildman–Crippen LogP) is 5.69. The molecular formula is C26H23ClN4O2. The van der Waals surface area contributed by atoms with Gasteiger partial charge in [0.25, 0.3) is 0 Å². The fourth-order valence-corrected chi connectivity index (χ4v) is 3.58. The van der Waals surface area contributed by atoms with Gasteiger partial charge in [-0.25, -0.2) is 15.0 Å². The zero-order chi connectivity index (χ0) is 23.2. The van der Waals surface area contributed by atoms with Crippen LogP contribution in [0.3, 0.4) is 0 Å².